The van der Waals surface area contributed by atoms with Crippen LogP contribution in [0.2, 0.25) is 0 Å². The number of likely N-dealkylation sites (N-methyl/N-ethyl adjacent to an activating group) is 1. The summed E-state index contributed by atoms with van der Waals surface area (Å²) in [6, 6.07) is 1.91. The summed E-state index contributed by atoms with van der Waals surface area (Å²) in [5.74, 6) is 0. The molecule has 1 aromatic rings. The highest BCUT2D eigenvalue weighted by molar-refractivity contribution is 5.87. The van der Waals surface area contributed by atoms with Gasteiger partial charge in [-0.15, -0.1) is 0 Å². The Bertz CT molecular complexity index is 504. The Balaban J connectivity index is 2.17. The molecule has 0 saturated carbocycles. The molecule has 0 N–H and O–H groups in total. The van der Waals surface area contributed by atoms with Crippen LogP contribution in [0.5, 0.6) is 0 Å². The van der Waals surface area contributed by atoms with E-state index in [1.54, 1.807) is 18.6 Å². The van der Waals surface area contributed by atoms with Gasteiger partial charge >= 0.3 is 0 Å². The van der Waals surface area contributed by atoms with Gasteiger partial charge in [0, 0.05) is 44.5 Å². The number of hydrogen-bond donors (Lipinski definition) is 0. The number of hydrogen-bond acceptors (Lipinski definition) is 5. The SMILES string of the molecule is C/C=N/c1cnccc1/C=N\C1=CN(C)N(C)C1. The smallest absolute Gasteiger partial charge is 0.0896 e. The van der Waals surface area contributed by atoms with Gasteiger partial charge in [-0.1, -0.05) is 0 Å². The molecular weight excluding hydrogens is 226 g/mol. The maximum absolute atomic E-state index is 4.49. The second kappa shape index (κ2) is 5.55. The molecule has 1 aliphatic heterocycles. The summed E-state index contributed by atoms with van der Waals surface area (Å²) in [6.45, 7) is 2.71. The number of hydrazine groups is 1. The Morgan fingerprint density at radius 3 is 2.83 bits per heavy atom. The molecule has 0 radical (unpaired) electrons. The lowest BCUT2D eigenvalue weighted by Gasteiger charge is -2.18. The zero-order valence-electron chi connectivity index (χ0n) is 10.9. The highest BCUT2D eigenvalue weighted by Gasteiger charge is 2.13. The fourth-order valence-electron chi connectivity index (χ4n) is 1.68. The average Bonchev–Trinajstić information content (AvgIpc) is 2.68. The Labute approximate surface area is 107 Å². The molecule has 0 aliphatic carbocycles. The van der Waals surface area contributed by atoms with Crippen molar-refractivity contribution in [2.75, 3.05) is 20.6 Å². The van der Waals surface area contributed by atoms with Crippen LogP contribution in [0.4, 0.5) is 5.69 Å². The van der Waals surface area contributed by atoms with Crippen LogP contribution in [0.3, 0.4) is 0 Å². The van der Waals surface area contributed by atoms with Crippen molar-refractivity contribution in [1.29, 1.82) is 0 Å². The van der Waals surface area contributed by atoms with E-state index >= 15 is 0 Å². The van der Waals surface area contributed by atoms with Gasteiger partial charge in [-0.3, -0.25) is 15.0 Å². The monoisotopic (exact) mass is 243 g/mol. The van der Waals surface area contributed by atoms with Gasteiger partial charge in [-0.25, -0.2) is 5.01 Å². The van der Waals surface area contributed by atoms with E-state index in [2.05, 4.69) is 20.0 Å². The summed E-state index contributed by atoms with van der Waals surface area (Å²) >= 11 is 0. The molecule has 0 atom stereocenters. The average molecular weight is 243 g/mol. The first-order valence-corrected chi connectivity index (χ1v) is 5.82. The van der Waals surface area contributed by atoms with Crippen molar-refractivity contribution in [3.05, 3.63) is 35.9 Å². The zero-order chi connectivity index (χ0) is 13.0. The van der Waals surface area contributed by atoms with E-state index in [4.69, 9.17) is 0 Å². The minimum Gasteiger partial charge on any atom is -0.314 e. The number of aliphatic imine (C=N–C) groups is 2. The van der Waals surface area contributed by atoms with Gasteiger partial charge in [0.25, 0.3) is 0 Å². The molecular formula is C13H17N5. The summed E-state index contributed by atoms with van der Waals surface area (Å²) in [5, 5.41) is 4.11. The largest absolute Gasteiger partial charge is 0.314 e. The molecule has 94 valence electrons. The Morgan fingerprint density at radius 2 is 2.17 bits per heavy atom. The molecule has 0 bridgehead atoms. The fourth-order valence-corrected chi connectivity index (χ4v) is 1.68. The van der Waals surface area contributed by atoms with Gasteiger partial charge in [0.2, 0.25) is 0 Å². The first kappa shape index (κ1) is 12.4. The second-order valence-corrected chi connectivity index (χ2v) is 4.09. The first-order chi connectivity index (χ1) is 8.70. The third-order valence-corrected chi connectivity index (χ3v) is 2.74. The molecule has 5 heteroatoms. The van der Waals surface area contributed by atoms with Crippen molar-refractivity contribution in [1.82, 2.24) is 15.0 Å². The lowest BCUT2D eigenvalue weighted by atomic mass is 10.2. The molecule has 18 heavy (non-hydrogen) atoms. The van der Waals surface area contributed by atoms with E-state index < -0.39 is 0 Å². The van der Waals surface area contributed by atoms with Crippen molar-refractivity contribution < 1.29 is 0 Å². The van der Waals surface area contributed by atoms with Crippen molar-refractivity contribution in [3.8, 4) is 0 Å². The highest BCUT2D eigenvalue weighted by Crippen LogP contribution is 2.16. The van der Waals surface area contributed by atoms with Crippen LogP contribution >= 0.6 is 0 Å². The summed E-state index contributed by atoms with van der Waals surface area (Å²) < 4.78 is 0. The minimum atomic E-state index is 0.824. The molecule has 0 fully saturated rings. The number of nitrogens with zero attached hydrogens (tertiary/aromatic N) is 5. The molecule has 0 aromatic carbocycles. The molecule has 0 saturated heterocycles. The van der Waals surface area contributed by atoms with E-state index in [0.29, 0.717) is 0 Å². The van der Waals surface area contributed by atoms with Crippen LogP contribution in [0.1, 0.15) is 12.5 Å². The third-order valence-electron chi connectivity index (χ3n) is 2.74. The van der Waals surface area contributed by atoms with Crippen LogP contribution in [-0.4, -0.2) is 48.1 Å². The molecule has 0 amide bonds. The molecule has 2 rings (SSSR count). The normalized spacial score (nSPS) is 17.1. The number of rotatable bonds is 3. The summed E-state index contributed by atoms with van der Waals surface area (Å²) in [5.41, 5.74) is 2.84. The van der Waals surface area contributed by atoms with E-state index in [1.807, 2.05) is 44.5 Å². The molecule has 2 heterocycles. The number of pyridine rings is 1. The molecule has 1 aromatic heterocycles. The lowest BCUT2D eigenvalue weighted by molar-refractivity contribution is 0.116. The summed E-state index contributed by atoms with van der Waals surface area (Å²) in [7, 11) is 4.03. The maximum Gasteiger partial charge on any atom is 0.0896 e. The van der Waals surface area contributed by atoms with E-state index in [9.17, 15) is 0 Å². The topological polar surface area (TPSA) is 44.1 Å². The minimum absolute atomic E-state index is 0.824. The Kier molecular flexibility index (Phi) is 3.84. The van der Waals surface area contributed by atoms with E-state index in [1.165, 1.54) is 0 Å². The Hall–Kier alpha value is -2.01. The van der Waals surface area contributed by atoms with E-state index in [-0.39, 0.29) is 0 Å². The molecule has 0 unspecified atom stereocenters. The number of aromatic nitrogens is 1. The van der Waals surface area contributed by atoms with Crippen molar-refractivity contribution in [3.63, 3.8) is 0 Å². The van der Waals surface area contributed by atoms with Gasteiger partial charge in [-0.05, 0) is 13.0 Å². The predicted molar refractivity (Wildman–Crippen MR) is 74.1 cm³/mol. The third kappa shape index (κ3) is 2.81. The van der Waals surface area contributed by atoms with E-state index in [0.717, 1.165) is 23.5 Å². The van der Waals surface area contributed by atoms with Gasteiger partial charge < -0.3 is 5.01 Å². The van der Waals surface area contributed by atoms with Crippen LogP contribution in [0, 0.1) is 0 Å². The molecule has 5 nitrogen and oxygen atoms in total. The van der Waals surface area contributed by atoms with Crippen molar-refractivity contribution in [2.45, 2.75) is 6.92 Å². The van der Waals surface area contributed by atoms with Gasteiger partial charge in [0.15, 0.2) is 0 Å². The van der Waals surface area contributed by atoms with Gasteiger partial charge in [0.05, 0.1) is 24.1 Å². The summed E-state index contributed by atoms with van der Waals surface area (Å²) in [4.78, 5) is 12.8. The molecule has 0 spiro atoms. The van der Waals surface area contributed by atoms with Gasteiger partial charge in [-0.2, -0.15) is 0 Å². The second-order valence-electron chi connectivity index (χ2n) is 4.09. The Morgan fingerprint density at radius 1 is 1.33 bits per heavy atom. The zero-order valence-corrected chi connectivity index (χ0v) is 10.9. The summed E-state index contributed by atoms with van der Waals surface area (Å²) in [6.07, 6.45) is 9.09. The highest BCUT2D eigenvalue weighted by atomic mass is 15.6. The molecule has 1 aliphatic rings. The van der Waals surface area contributed by atoms with Gasteiger partial charge in [0.1, 0.15) is 0 Å². The van der Waals surface area contributed by atoms with Crippen LogP contribution in [-0.2, 0) is 0 Å². The maximum atomic E-state index is 4.49. The van der Waals surface area contributed by atoms with Crippen LogP contribution < -0.4 is 0 Å². The quantitative estimate of drug-likeness (QED) is 0.761. The van der Waals surface area contributed by atoms with Crippen molar-refractivity contribution in [2.24, 2.45) is 9.98 Å². The lowest BCUT2D eigenvalue weighted by Crippen LogP contribution is -2.27. The first-order valence-electron chi connectivity index (χ1n) is 5.82. The predicted octanol–water partition coefficient (Wildman–Crippen LogP) is 1.86. The van der Waals surface area contributed by atoms with Crippen LogP contribution in [0.15, 0.2) is 40.3 Å². The van der Waals surface area contributed by atoms with Crippen molar-refractivity contribution >= 4 is 18.1 Å². The fraction of sp³-hybridized carbons (Fsp3) is 0.308. The van der Waals surface area contributed by atoms with Crippen LogP contribution in [0.25, 0.3) is 0 Å². The standard InChI is InChI=1S/C13H17N5/c1-4-15-13-8-14-6-5-11(13)7-16-12-9-17(2)18(3)10-12/h4-9H,10H2,1-3H3/b15-4+,16-7-.